The minimum absolute atomic E-state index is 0.0324. The van der Waals surface area contributed by atoms with E-state index in [4.69, 9.17) is 5.73 Å². The van der Waals surface area contributed by atoms with Crippen molar-refractivity contribution in [2.24, 2.45) is 5.92 Å². The molecule has 1 aliphatic heterocycles. The fourth-order valence-electron chi connectivity index (χ4n) is 2.61. The normalized spacial score (nSPS) is 18.6. The Morgan fingerprint density at radius 1 is 1.47 bits per heavy atom. The Labute approximate surface area is 115 Å². The predicted octanol–water partition coefficient (Wildman–Crippen LogP) is 2.25. The van der Waals surface area contributed by atoms with Gasteiger partial charge in [-0.1, -0.05) is 13.3 Å². The lowest BCUT2D eigenvalue weighted by Crippen LogP contribution is -2.24. The molecule has 0 aliphatic carbocycles. The molecule has 1 aromatic rings. The van der Waals surface area contributed by atoms with Crippen molar-refractivity contribution < 1.29 is 4.79 Å². The van der Waals surface area contributed by atoms with Crippen molar-refractivity contribution in [3.63, 3.8) is 0 Å². The standard InChI is InChI=1S/C15H23N3O/c1-3-11-7-8-18(10-11)14-9-12(5-6-13(14)16)15(19)17-4-2/h5-6,9,11H,3-4,7-8,10,16H2,1-2H3,(H,17,19). The molecule has 4 heteroatoms. The van der Waals surface area contributed by atoms with E-state index in [-0.39, 0.29) is 5.91 Å². The summed E-state index contributed by atoms with van der Waals surface area (Å²) in [5.41, 5.74) is 8.50. The Kier molecular flexibility index (Phi) is 4.30. The first kappa shape index (κ1) is 13.7. The third kappa shape index (κ3) is 3.00. The number of carbonyl (C=O) groups is 1. The number of hydrogen-bond acceptors (Lipinski definition) is 3. The van der Waals surface area contributed by atoms with E-state index < -0.39 is 0 Å². The lowest BCUT2D eigenvalue weighted by molar-refractivity contribution is 0.0956. The maximum atomic E-state index is 11.9. The van der Waals surface area contributed by atoms with Crippen molar-refractivity contribution in [1.82, 2.24) is 5.32 Å². The van der Waals surface area contributed by atoms with Gasteiger partial charge in [-0.25, -0.2) is 0 Å². The van der Waals surface area contributed by atoms with E-state index in [9.17, 15) is 4.79 Å². The van der Waals surface area contributed by atoms with E-state index >= 15 is 0 Å². The first-order chi connectivity index (χ1) is 9.15. The van der Waals surface area contributed by atoms with E-state index in [1.807, 2.05) is 19.1 Å². The number of benzene rings is 1. The zero-order valence-corrected chi connectivity index (χ0v) is 11.8. The van der Waals surface area contributed by atoms with Crippen LogP contribution in [0.15, 0.2) is 18.2 Å². The highest BCUT2D eigenvalue weighted by molar-refractivity contribution is 5.96. The average Bonchev–Trinajstić information content (AvgIpc) is 2.88. The van der Waals surface area contributed by atoms with E-state index in [2.05, 4.69) is 17.1 Å². The lowest BCUT2D eigenvalue weighted by Gasteiger charge is -2.21. The number of nitrogens with zero attached hydrogens (tertiary/aromatic N) is 1. The van der Waals surface area contributed by atoms with Crippen molar-refractivity contribution in [1.29, 1.82) is 0 Å². The molecule has 4 nitrogen and oxygen atoms in total. The van der Waals surface area contributed by atoms with Gasteiger partial charge in [0.25, 0.3) is 5.91 Å². The minimum Gasteiger partial charge on any atom is -0.397 e. The second kappa shape index (κ2) is 5.95. The summed E-state index contributed by atoms with van der Waals surface area (Å²) in [5.74, 6) is 0.711. The van der Waals surface area contributed by atoms with Gasteiger partial charge in [0.2, 0.25) is 0 Å². The molecule has 1 saturated heterocycles. The zero-order valence-electron chi connectivity index (χ0n) is 11.8. The molecule has 1 amide bonds. The van der Waals surface area contributed by atoms with Gasteiger partial charge in [-0.05, 0) is 37.5 Å². The maximum Gasteiger partial charge on any atom is 0.251 e. The summed E-state index contributed by atoms with van der Waals surface area (Å²) in [6.07, 6.45) is 2.41. The van der Waals surface area contributed by atoms with Gasteiger partial charge in [0.05, 0.1) is 11.4 Å². The third-order valence-corrected chi connectivity index (χ3v) is 3.83. The van der Waals surface area contributed by atoms with Crippen LogP contribution < -0.4 is 16.0 Å². The summed E-state index contributed by atoms with van der Waals surface area (Å²) in [4.78, 5) is 14.2. The number of hydrogen-bond donors (Lipinski definition) is 2. The summed E-state index contributed by atoms with van der Waals surface area (Å²) >= 11 is 0. The molecule has 1 heterocycles. The van der Waals surface area contributed by atoms with Crippen LogP contribution in [0.3, 0.4) is 0 Å². The van der Waals surface area contributed by atoms with E-state index in [0.29, 0.717) is 12.1 Å². The first-order valence-electron chi connectivity index (χ1n) is 7.08. The number of nitrogens with two attached hydrogens (primary N) is 1. The Morgan fingerprint density at radius 2 is 2.26 bits per heavy atom. The Hall–Kier alpha value is -1.71. The van der Waals surface area contributed by atoms with Gasteiger partial charge in [0.1, 0.15) is 0 Å². The fourth-order valence-corrected chi connectivity index (χ4v) is 2.61. The maximum absolute atomic E-state index is 11.9. The van der Waals surface area contributed by atoms with Crippen molar-refractivity contribution in [3.05, 3.63) is 23.8 Å². The summed E-state index contributed by atoms with van der Waals surface area (Å²) in [5, 5.41) is 2.82. The third-order valence-electron chi connectivity index (χ3n) is 3.83. The number of nitrogen functional groups attached to an aromatic ring is 1. The second-order valence-electron chi connectivity index (χ2n) is 5.14. The topological polar surface area (TPSA) is 58.4 Å². The highest BCUT2D eigenvalue weighted by atomic mass is 16.1. The summed E-state index contributed by atoms with van der Waals surface area (Å²) in [7, 11) is 0. The second-order valence-corrected chi connectivity index (χ2v) is 5.14. The molecular weight excluding hydrogens is 238 g/mol. The van der Waals surface area contributed by atoms with Crippen LogP contribution in [0, 0.1) is 5.92 Å². The van der Waals surface area contributed by atoms with Gasteiger partial charge in [-0.2, -0.15) is 0 Å². The molecule has 0 spiro atoms. The van der Waals surface area contributed by atoms with Crippen LogP contribution in [0.25, 0.3) is 0 Å². The van der Waals surface area contributed by atoms with Crippen LogP contribution in [0.5, 0.6) is 0 Å². The number of nitrogens with one attached hydrogen (secondary N) is 1. The molecule has 19 heavy (non-hydrogen) atoms. The highest BCUT2D eigenvalue weighted by Crippen LogP contribution is 2.30. The van der Waals surface area contributed by atoms with Crippen molar-refractivity contribution in [2.75, 3.05) is 30.3 Å². The monoisotopic (exact) mass is 261 g/mol. The number of anilines is 2. The van der Waals surface area contributed by atoms with E-state index in [0.717, 1.165) is 30.4 Å². The molecule has 0 bridgehead atoms. The number of amides is 1. The lowest BCUT2D eigenvalue weighted by atomic mass is 10.1. The largest absolute Gasteiger partial charge is 0.397 e. The van der Waals surface area contributed by atoms with E-state index in [1.54, 1.807) is 6.07 Å². The first-order valence-corrected chi connectivity index (χ1v) is 7.08. The van der Waals surface area contributed by atoms with E-state index in [1.165, 1.54) is 12.8 Å². The zero-order chi connectivity index (χ0) is 13.8. The molecule has 1 unspecified atom stereocenters. The van der Waals surface area contributed by atoms with Gasteiger partial charge in [0, 0.05) is 25.2 Å². The Morgan fingerprint density at radius 3 is 2.89 bits per heavy atom. The smallest absolute Gasteiger partial charge is 0.251 e. The molecule has 0 saturated carbocycles. The fraction of sp³-hybridized carbons (Fsp3) is 0.533. The molecule has 1 aromatic carbocycles. The van der Waals surface area contributed by atoms with Gasteiger partial charge < -0.3 is 16.0 Å². The SMILES string of the molecule is CCNC(=O)c1ccc(N)c(N2CCC(CC)C2)c1. The van der Waals surface area contributed by atoms with Gasteiger partial charge in [-0.15, -0.1) is 0 Å². The van der Waals surface area contributed by atoms with Crippen molar-refractivity contribution in [2.45, 2.75) is 26.7 Å². The highest BCUT2D eigenvalue weighted by Gasteiger charge is 2.23. The van der Waals surface area contributed by atoms with Crippen molar-refractivity contribution in [3.8, 4) is 0 Å². The molecule has 104 valence electrons. The summed E-state index contributed by atoms with van der Waals surface area (Å²) in [6.45, 7) is 6.85. The molecular formula is C15H23N3O. The predicted molar refractivity (Wildman–Crippen MR) is 79.5 cm³/mol. The summed E-state index contributed by atoms with van der Waals surface area (Å²) in [6, 6.07) is 5.54. The van der Waals surface area contributed by atoms with Crippen LogP contribution in [-0.2, 0) is 0 Å². The molecule has 2 rings (SSSR count). The average molecular weight is 261 g/mol. The molecule has 3 N–H and O–H groups in total. The van der Waals surface area contributed by atoms with Crippen LogP contribution in [0.4, 0.5) is 11.4 Å². The molecule has 1 fully saturated rings. The molecule has 0 aromatic heterocycles. The van der Waals surface area contributed by atoms with Gasteiger partial charge in [-0.3, -0.25) is 4.79 Å². The molecule has 0 radical (unpaired) electrons. The Balaban J connectivity index is 2.20. The van der Waals surface area contributed by atoms with Crippen LogP contribution in [-0.4, -0.2) is 25.5 Å². The molecule has 1 aliphatic rings. The number of rotatable bonds is 4. The van der Waals surface area contributed by atoms with Crippen LogP contribution in [0.1, 0.15) is 37.0 Å². The van der Waals surface area contributed by atoms with Crippen LogP contribution >= 0.6 is 0 Å². The van der Waals surface area contributed by atoms with Gasteiger partial charge >= 0.3 is 0 Å². The van der Waals surface area contributed by atoms with Crippen molar-refractivity contribution >= 4 is 17.3 Å². The van der Waals surface area contributed by atoms with Gasteiger partial charge in [0.15, 0.2) is 0 Å². The molecule has 1 atom stereocenters. The Bertz CT molecular complexity index is 459. The quantitative estimate of drug-likeness (QED) is 0.817. The minimum atomic E-state index is -0.0324. The number of carbonyl (C=O) groups excluding carboxylic acids is 1. The van der Waals surface area contributed by atoms with Crippen LogP contribution in [0.2, 0.25) is 0 Å². The summed E-state index contributed by atoms with van der Waals surface area (Å²) < 4.78 is 0.